The Morgan fingerprint density at radius 3 is 2.62 bits per heavy atom. The van der Waals surface area contributed by atoms with Crippen molar-refractivity contribution in [3.8, 4) is 0 Å². The van der Waals surface area contributed by atoms with Crippen molar-refractivity contribution in [2.24, 2.45) is 5.73 Å². The summed E-state index contributed by atoms with van der Waals surface area (Å²) in [4.78, 5) is 0. The number of hydrogen-bond acceptors (Lipinski definition) is 2. The molecule has 0 saturated heterocycles. The standard InChI is InChI=1S/C19H23NS/c1-13-6-5-7-15(10-13)12-21-18-11-14(2)16-8-3-4-9-17(16)19(18)20/h3-10,14,18-19H,11-12,20H2,1-2H3. The van der Waals surface area contributed by atoms with Crippen LogP contribution in [0.2, 0.25) is 0 Å². The van der Waals surface area contributed by atoms with Gasteiger partial charge in [-0.1, -0.05) is 61.0 Å². The molecule has 0 aromatic heterocycles. The quantitative estimate of drug-likeness (QED) is 0.880. The number of aryl methyl sites for hydroxylation is 1. The third-order valence-electron chi connectivity index (χ3n) is 4.42. The largest absolute Gasteiger partial charge is 0.323 e. The first-order valence-corrected chi connectivity index (χ1v) is 8.71. The van der Waals surface area contributed by atoms with Gasteiger partial charge in [0.25, 0.3) is 0 Å². The van der Waals surface area contributed by atoms with E-state index in [-0.39, 0.29) is 6.04 Å². The minimum absolute atomic E-state index is 0.159. The monoisotopic (exact) mass is 297 g/mol. The zero-order valence-corrected chi connectivity index (χ0v) is 13.6. The Labute approximate surface area is 132 Å². The highest BCUT2D eigenvalue weighted by Crippen LogP contribution is 2.42. The van der Waals surface area contributed by atoms with E-state index in [1.165, 1.54) is 28.7 Å². The summed E-state index contributed by atoms with van der Waals surface area (Å²) in [6, 6.07) is 17.6. The predicted octanol–water partition coefficient (Wildman–Crippen LogP) is 4.80. The molecule has 3 unspecified atom stereocenters. The maximum Gasteiger partial charge on any atom is 0.0418 e. The van der Waals surface area contributed by atoms with Gasteiger partial charge in [-0.3, -0.25) is 0 Å². The van der Waals surface area contributed by atoms with Crippen LogP contribution in [0.25, 0.3) is 0 Å². The molecule has 110 valence electrons. The van der Waals surface area contributed by atoms with E-state index in [9.17, 15) is 0 Å². The second-order valence-corrected chi connectivity index (χ2v) is 7.36. The van der Waals surface area contributed by atoms with Gasteiger partial charge < -0.3 is 5.73 Å². The summed E-state index contributed by atoms with van der Waals surface area (Å²) < 4.78 is 0. The molecule has 2 N–H and O–H groups in total. The zero-order chi connectivity index (χ0) is 14.8. The van der Waals surface area contributed by atoms with E-state index in [2.05, 4.69) is 62.4 Å². The Morgan fingerprint density at radius 1 is 1.10 bits per heavy atom. The van der Waals surface area contributed by atoms with Crippen molar-refractivity contribution in [3.05, 3.63) is 70.8 Å². The normalized spacial score (nSPS) is 24.6. The molecule has 0 amide bonds. The molecule has 3 atom stereocenters. The van der Waals surface area contributed by atoms with Crippen LogP contribution in [0.15, 0.2) is 48.5 Å². The number of nitrogens with two attached hydrogens (primary N) is 1. The van der Waals surface area contributed by atoms with Gasteiger partial charge in [0, 0.05) is 17.0 Å². The lowest BCUT2D eigenvalue weighted by molar-refractivity contribution is 0.527. The van der Waals surface area contributed by atoms with Crippen molar-refractivity contribution in [1.82, 2.24) is 0 Å². The fraction of sp³-hybridized carbons (Fsp3) is 0.368. The van der Waals surface area contributed by atoms with Crippen LogP contribution >= 0.6 is 11.8 Å². The lowest BCUT2D eigenvalue weighted by atomic mass is 9.81. The number of hydrogen-bond donors (Lipinski definition) is 1. The highest BCUT2D eigenvalue weighted by Gasteiger charge is 2.30. The highest BCUT2D eigenvalue weighted by molar-refractivity contribution is 7.99. The van der Waals surface area contributed by atoms with Crippen LogP contribution in [0.5, 0.6) is 0 Å². The number of fused-ring (bicyclic) bond motifs is 1. The van der Waals surface area contributed by atoms with E-state index < -0.39 is 0 Å². The van der Waals surface area contributed by atoms with Gasteiger partial charge in [-0.25, -0.2) is 0 Å². The van der Waals surface area contributed by atoms with Gasteiger partial charge in [0.05, 0.1) is 0 Å². The molecule has 0 bridgehead atoms. The van der Waals surface area contributed by atoms with E-state index in [0.717, 1.165) is 5.75 Å². The Kier molecular flexibility index (Phi) is 4.37. The molecule has 2 aromatic rings. The summed E-state index contributed by atoms with van der Waals surface area (Å²) in [6.07, 6.45) is 1.18. The molecule has 1 aliphatic carbocycles. The second kappa shape index (κ2) is 6.25. The van der Waals surface area contributed by atoms with Crippen molar-refractivity contribution in [2.75, 3.05) is 0 Å². The van der Waals surface area contributed by atoms with Crippen LogP contribution in [0.1, 0.15) is 47.6 Å². The van der Waals surface area contributed by atoms with Gasteiger partial charge in [0.15, 0.2) is 0 Å². The van der Waals surface area contributed by atoms with Gasteiger partial charge in [0.1, 0.15) is 0 Å². The molecule has 2 aromatic carbocycles. The summed E-state index contributed by atoms with van der Waals surface area (Å²) in [5.74, 6) is 1.66. The molecule has 2 heteroatoms. The Hall–Kier alpha value is -1.25. The smallest absolute Gasteiger partial charge is 0.0418 e. The van der Waals surface area contributed by atoms with Crippen molar-refractivity contribution in [1.29, 1.82) is 0 Å². The second-order valence-electron chi connectivity index (χ2n) is 6.13. The molecule has 0 aliphatic heterocycles. The third kappa shape index (κ3) is 3.17. The molecule has 0 radical (unpaired) electrons. The molecule has 1 aliphatic rings. The fourth-order valence-electron chi connectivity index (χ4n) is 3.26. The molecule has 0 spiro atoms. The lowest BCUT2D eigenvalue weighted by Crippen LogP contribution is -2.31. The van der Waals surface area contributed by atoms with Gasteiger partial charge >= 0.3 is 0 Å². The SMILES string of the molecule is Cc1cccc(CSC2CC(C)c3ccccc3C2N)c1. The first kappa shape index (κ1) is 14.7. The van der Waals surface area contributed by atoms with Crippen LogP contribution in [0.4, 0.5) is 0 Å². The molecular formula is C19H23NS. The molecule has 1 nitrogen and oxygen atoms in total. The summed E-state index contributed by atoms with van der Waals surface area (Å²) in [6.45, 7) is 4.48. The van der Waals surface area contributed by atoms with Crippen molar-refractivity contribution >= 4 is 11.8 Å². The molecular weight excluding hydrogens is 274 g/mol. The van der Waals surface area contributed by atoms with Gasteiger partial charge in [-0.05, 0) is 36.0 Å². The van der Waals surface area contributed by atoms with E-state index >= 15 is 0 Å². The predicted molar refractivity (Wildman–Crippen MR) is 92.7 cm³/mol. The highest BCUT2D eigenvalue weighted by atomic mass is 32.2. The molecule has 0 fully saturated rings. The van der Waals surface area contributed by atoms with Gasteiger partial charge in [-0.15, -0.1) is 0 Å². The van der Waals surface area contributed by atoms with Gasteiger partial charge in [0.2, 0.25) is 0 Å². The molecule has 0 saturated carbocycles. The maximum atomic E-state index is 6.53. The maximum absolute atomic E-state index is 6.53. The van der Waals surface area contributed by atoms with Crippen LogP contribution < -0.4 is 5.73 Å². The van der Waals surface area contributed by atoms with Crippen molar-refractivity contribution < 1.29 is 0 Å². The Bertz CT molecular complexity index is 622. The fourth-order valence-corrected chi connectivity index (χ4v) is 4.63. The van der Waals surface area contributed by atoms with E-state index in [1.807, 2.05) is 11.8 Å². The number of rotatable bonds is 3. The molecule has 3 rings (SSSR count). The molecule has 21 heavy (non-hydrogen) atoms. The number of thioether (sulfide) groups is 1. The average molecular weight is 297 g/mol. The first-order chi connectivity index (χ1) is 10.1. The topological polar surface area (TPSA) is 26.0 Å². The first-order valence-electron chi connectivity index (χ1n) is 7.66. The minimum atomic E-state index is 0.159. The number of benzene rings is 2. The summed E-state index contributed by atoms with van der Waals surface area (Å²) >= 11 is 2.01. The van der Waals surface area contributed by atoms with E-state index in [0.29, 0.717) is 11.2 Å². The van der Waals surface area contributed by atoms with Crippen LogP contribution in [0, 0.1) is 6.92 Å². The zero-order valence-electron chi connectivity index (χ0n) is 12.8. The van der Waals surface area contributed by atoms with Gasteiger partial charge in [-0.2, -0.15) is 11.8 Å². The van der Waals surface area contributed by atoms with Crippen molar-refractivity contribution in [2.45, 2.75) is 43.2 Å². The van der Waals surface area contributed by atoms with Crippen LogP contribution in [-0.2, 0) is 5.75 Å². The summed E-state index contributed by atoms with van der Waals surface area (Å²) in [5.41, 5.74) is 12.0. The summed E-state index contributed by atoms with van der Waals surface area (Å²) in [7, 11) is 0. The Balaban J connectivity index is 1.73. The van der Waals surface area contributed by atoms with Crippen LogP contribution in [0.3, 0.4) is 0 Å². The average Bonchev–Trinajstić information content (AvgIpc) is 2.50. The van der Waals surface area contributed by atoms with Crippen molar-refractivity contribution in [3.63, 3.8) is 0 Å². The van der Waals surface area contributed by atoms with E-state index in [1.54, 1.807) is 0 Å². The lowest BCUT2D eigenvalue weighted by Gasteiger charge is -2.34. The summed E-state index contributed by atoms with van der Waals surface area (Å²) in [5, 5.41) is 0.510. The van der Waals surface area contributed by atoms with Crippen LogP contribution in [-0.4, -0.2) is 5.25 Å². The minimum Gasteiger partial charge on any atom is -0.323 e. The molecule has 0 heterocycles. The third-order valence-corrected chi connectivity index (χ3v) is 5.83. The van der Waals surface area contributed by atoms with E-state index in [4.69, 9.17) is 5.73 Å². The Morgan fingerprint density at radius 2 is 1.86 bits per heavy atom.